The fourth-order valence-electron chi connectivity index (χ4n) is 3.53. The second-order valence-electron chi connectivity index (χ2n) is 6.18. The van der Waals surface area contributed by atoms with Crippen LogP contribution in [0.25, 0.3) is 0 Å². The number of rotatable bonds is 8. The molecule has 19 heavy (non-hydrogen) atoms. The van der Waals surface area contributed by atoms with Gasteiger partial charge in [-0.1, -0.05) is 32.4 Å². The van der Waals surface area contributed by atoms with Crippen molar-refractivity contribution in [3.05, 3.63) is 11.6 Å². The van der Waals surface area contributed by atoms with Crippen molar-refractivity contribution >= 4 is 0 Å². The number of nitrogens with one attached hydrogen (secondary N) is 1. The van der Waals surface area contributed by atoms with E-state index in [1.807, 2.05) is 0 Å². The molecule has 1 fully saturated rings. The molecule has 0 saturated carbocycles. The summed E-state index contributed by atoms with van der Waals surface area (Å²) >= 11 is 0. The van der Waals surface area contributed by atoms with Gasteiger partial charge in [0.25, 0.3) is 0 Å². The Morgan fingerprint density at radius 1 is 1.16 bits per heavy atom. The van der Waals surface area contributed by atoms with E-state index in [1.165, 1.54) is 50.8 Å². The molecule has 1 unspecified atom stereocenters. The standard InChI is InChI=1S/C17H34N2/c1-6-11-18-16(14-15(4)5)17(7-2,8-3)19-12-9-10-13-19/h14,16,18H,6-13H2,1-5H3. The first-order valence-electron chi connectivity index (χ1n) is 8.24. The first-order chi connectivity index (χ1) is 9.10. The normalized spacial score (nSPS) is 18.6. The highest BCUT2D eigenvalue weighted by Crippen LogP contribution is 2.32. The molecule has 1 atom stereocenters. The summed E-state index contributed by atoms with van der Waals surface area (Å²) in [5.74, 6) is 0. The highest BCUT2D eigenvalue weighted by molar-refractivity contribution is 5.13. The van der Waals surface area contributed by atoms with Crippen LogP contribution in [0, 0.1) is 0 Å². The average Bonchev–Trinajstić information content (AvgIpc) is 2.91. The Hall–Kier alpha value is -0.340. The van der Waals surface area contributed by atoms with Crippen LogP contribution in [0.2, 0.25) is 0 Å². The lowest BCUT2D eigenvalue weighted by atomic mass is 9.81. The monoisotopic (exact) mass is 266 g/mol. The summed E-state index contributed by atoms with van der Waals surface area (Å²) in [6.07, 6.45) is 8.87. The van der Waals surface area contributed by atoms with Gasteiger partial charge in [0, 0.05) is 11.6 Å². The Morgan fingerprint density at radius 3 is 2.16 bits per heavy atom. The second-order valence-corrected chi connectivity index (χ2v) is 6.18. The van der Waals surface area contributed by atoms with Gasteiger partial charge in [-0.15, -0.1) is 0 Å². The first-order valence-corrected chi connectivity index (χ1v) is 8.24. The van der Waals surface area contributed by atoms with Crippen LogP contribution in [-0.2, 0) is 0 Å². The number of hydrogen-bond donors (Lipinski definition) is 1. The number of allylic oxidation sites excluding steroid dienone is 1. The molecule has 0 aromatic carbocycles. The summed E-state index contributed by atoms with van der Waals surface area (Å²) in [7, 11) is 0. The van der Waals surface area contributed by atoms with E-state index in [4.69, 9.17) is 0 Å². The Kier molecular flexibility index (Phi) is 7.09. The number of likely N-dealkylation sites (tertiary alicyclic amines) is 1. The molecule has 0 amide bonds. The fourth-order valence-corrected chi connectivity index (χ4v) is 3.53. The zero-order valence-electron chi connectivity index (χ0n) is 13.8. The van der Waals surface area contributed by atoms with Crippen LogP contribution >= 0.6 is 0 Å². The quantitative estimate of drug-likeness (QED) is 0.669. The average molecular weight is 266 g/mol. The van der Waals surface area contributed by atoms with Gasteiger partial charge in [0.1, 0.15) is 0 Å². The zero-order valence-corrected chi connectivity index (χ0v) is 13.8. The molecular formula is C17H34N2. The Labute approximate surface area is 120 Å². The van der Waals surface area contributed by atoms with Gasteiger partial charge in [-0.05, 0) is 65.6 Å². The minimum atomic E-state index is 0.308. The lowest BCUT2D eigenvalue weighted by Crippen LogP contribution is -2.59. The molecule has 0 bridgehead atoms. The third kappa shape index (κ3) is 4.06. The van der Waals surface area contributed by atoms with Crippen molar-refractivity contribution in [3.63, 3.8) is 0 Å². The minimum Gasteiger partial charge on any atom is -0.309 e. The van der Waals surface area contributed by atoms with Gasteiger partial charge in [-0.25, -0.2) is 0 Å². The van der Waals surface area contributed by atoms with Gasteiger partial charge >= 0.3 is 0 Å². The zero-order chi connectivity index (χ0) is 14.3. The lowest BCUT2D eigenvalue weighted by molar-refractivity contribution is 0.0787. The van der Waals surface area contributed by atoms with Crippen LogP contribution in [-0.4, -0.2) is 36.1 Å². The van der Waals surface area contributed by atoms with Crippen LogP contribution in [0.5, 0.6) is 0 Å². The Balaban J connectivity index is 2.98. The smallest absolute Gasteiger partial charge is 0.0438 e. The predicted octanol–water partition coefficient (Wildman–Crippen LogP) is 3.98. The fraction of sp³-hybridized carbons (Fsp3) is 0.882. The predicted molar refractivity (Wildman–Crippen MR) is 85.6 cm³/mol. The van der Waals surface area contributed by atoms with E-state index < -0.39 is 0 Å². The molecule has 1 heterocycles. The van der Waals surface area contributed by atoms with E-state index in [0.717, 1.165) is 6.54 Å². The van der Waals surface area contributed by atoms with E-state index in [-0.39, 0.29) is 0 Å². The SMILES string of the molecule is CCCNC(C=C(C)C)C(CC)(CC)N1CCCC1. The third-order valence-corrected chi connectivity index (χ3v) is 4.65. The van der Waals surface area contributed by atoms with Crippen molar-refractivity contribution in [3.8, 4) is 0 Å². The van der Waals surface area contributed by atoms with Crippen molar-refractivity contribution in [1.82, 2.24) is 10.2 Å². The summed E-state index contributed by atoms with van der Waals surface area (Å²) in [6.45, 7) is 15.1. The Morgan fingerprint density at radius 2 is 1.74 bits per heavy atom. The number of nitrogens with zero attached hydrogens (tertiary/aromatic N) is 1. The molecule has 1 saturated heterocycles. The van der Waals surface area contributed by atoms with Gasteiger partial charge < -0.3 is 5.32 Å². The molecule has 1 aliphatic rings. The lowest BCUT2D eigenvalue weighted by Gasteiger charge is -2.46. The van der Waals surface area contributed by atoms with Crippen molar-refractivity contribution in [2.45, 2.75) is 78.3 Å². The van der Waals surface area contributed by atoms with E-state index in [1.54, 1.807) is 0 Å². The molecule has 2 nitrogen and oxygen atoms in total. The van der Waals surface area contributed by atoms with Gasteiger partial charge in [0.2, 0.25) is 0 Å². The summed E-state index contributed by atoms with van der Waals surface area (Å²) in [6, 6.07) is 0.491. The topological polar surface area (TPSA) is 15.3 Å². The molecule has 1 N–H and O–H groups in total. The van der Waals surface area contributed by atoms with Crippen molar-refractivity contribution in [2.75, 3.05) is 19.6 Å². The summed E-state index contributed by atoms with van der Waals surface area (Å²) in [4.78, 5) is 2.75. The summed E-state index contributed by atoms with van der Waals surface area (Å²) in [5.41, 5.74) is 1.74. The highest BCUT2D eigenvalue weighted by Gasteiger charge is 2.40. The molecule has 112 valence electrons. The van der Waals surface area contributed by atoms with E-state index >= 15 is 0 Å². The molecule has 1 aliphatic heterocycles. The maximum atomic E-state index is 3.80. The molecule has 0 radical (unpaired) electrons. The van der Waals surface area contributed by atoms with Crippen LogP contribution < -0.4 is 5.32 Å². The van der Waals surface area contributed by atoms with Gasteiger partial charge in [0.15, 0.2) is 0 Å². The maximum Gasteiger partial charge on any atom is 0.0438 e. The minimum absolute atomic E-state index is 0.308. The molecule has 0 aliphatic carbocycles. The van der Waals surface area contributed by atoms with Crippen LogP contribution in [0.4, 0.5) is 0 Å². The number of hydrogen-bond acceptors (Lipinski definition) is 2. The van der Waals surface area contributed by atoms with Crippen molar-refractivity contribution in [2.24, 2.45) is 0 Å². The van der Waals surface area contributed by atoms with Crippen LogP contribution in [0.1, 0.15) is 66.7 Å². The molecule has 0 aromatic heterocycles. The highest BCUT2D eigenvalue weighted by atomic mass is 15.2. The maximum absolute atomic E-state index is 3.80. The molecule has 0 spiro atoms. The molecule has 2 heteroatoms. The summed E-state index contributed by atoms with van der Waals surface area (Å²) < 4.78 is 0. The first kappa shape index (κ1) is 16.7. The second kappa shape index (κ2) is 8.06. The molecule has 0 aromatic rings. The Bertz CT molecular complexity index is 269. The van der Waals surface area contributed by atoms with E-state index in [9.17, 15) is 0 Å². The van der Waals surface area contributed by atoms with Crippen molar-refractivity contribution < 1.29 is 0 Å². The third-order valence-electron chi connectivity index (χ3n) is 4.65. The van der Waals surface area contributed by atoms with Crippen LogP contribution in [0.3, 0.4) is 0 Å². The van der Waals surface area contributed by atoms with E-state index in [2.05, 4.69) is 50.9 Å². The van der Waals surface area contributed by atoms with Crippen LogP contribution in [0.15, 0.2) is 11.6 Å². The van der Waals surface area contributed by atoms with Gasteiger partial charge in [-0.2, -0.15) is 0 Å². The molecule has 1 rings (SSSR count). The van der Waals surface area contributed by atoms with Crippen molar-refractivity contribution in [1.29, 1.82) is 0 Å². The largest absolute Gasteiger partial charge is 0.309 e. The summed E-state index contributed by atoms with van der Waals surface area (Å²) in [5, 5.41) is 3.80. The molecular weight excluding hydrogens is 232 g/mol. The van der Waals surface area contributed by atoms with Gasteiger partial charge in [-0.3, -0.25) is 4.90 Å². The van der Waals surface area contributed by atoms with Gasteiger partial charge in [0.05, 0.1) is 0 Å². The van der Waals surface area contributed by atoms with E-state index in [0.29, 0.717) is 11.6 Å².